The summed E-state index contributed by atoms with van der Waals surface area (Å²) in [6, 6.07) is 1.62. The van der Waals surface area contributed by atoms with E-state index in [1.165, 1.54) is 12.4 Å². The van der Waals surface area contributed by atoms with Crippen molar-refractivity contribution >= 4 is 28.6 Å². The van der Waals surface area contributed by atoms with E-state index in [-0.39, 0.29) is 5.95 Å². The smallest absolute Gasteiger partial charge is 0.242 e. The first-order valence-corrected chi connectivity index (χ1v) is 5.60. The molecule has 0 aliphatic carbocycles. The Hall–Kier alpha value is -2.45. The van der Waals surface area contributed by atoms with Crippen LogP contribution in [0.5, 0.6) is 11.6 Å². The number of rotatable bonds is 3. The van der Waals surface area contributed by atoms with Crippen LogP contribution in [0.25, 0.3) is 11.0 Å². The molecule has 0 saturated heterocycles. The van der Waals surface area contributed by atoms with Crippen molar-refractivity contribution in [3.63, 3.8) is 0 Å². The Morgan fingerprint density at radius 2 is 2.16 bits per heavy atom. The fraction of sp³-hybridized carbons (Fsp3) is 0. The van der Waals surface area contributed by atoms with Gasteiger partial charge in [-0.2, -0.15) is 15.1 Å². The van der Waals surface area contributed by atoms with Gasteiger partial charge in [-0.25, -0.2) is 5.84 Å². The van der Waals surface area contributed by atoms with E-state index in [9.17, 15) is 0 Å². The van der Waals surface area contributed by atoms with E-state index in [2.05, 4.69) is 30.6 Å². The van der Waals surface area contributed by atoms with Crippen LogP contribution < -0.4 is 16.0 Å². The Balaban J connectivity index is 2.06. The maximum atomic E-state index is 5.84. The summed E-state index contributed by atoms with van der Waals surface area (Å²) in [4.78, 5) is 12.1. The average molecular weight is 278 g/mol. The molecule has 3 aromatic heterocycles. The molecule has 96 valence electrons. The summed E-state index contributed by atoms with van der Waals surface area (Å²) in [5.74, 6) is 6.26. The number of hydrogen-bond donors (Lipinski definition) is 3. The number of aromatic nitrogens is 5. The minimum Gasteiger partial charge on any atom is -0.436 e. The van der Waals surface area contributed by atoms with Crippen LogP contribution in [0.4, 0.5) is 5.95 Å². The van der Waals surface area contributed by atoms with E-state index >= 15 is 0 Å². The number of anilines is 1. The van der Waals surface area contributed by atoms with E-state index in [0.29, 0.717) is 27.7 Å². The highest BCUT2D eigenvalue weighted by Crippen LogP contribution is 2.27. The third-order valence-corrected chi connectivity index (χ3v) is 2.50. The minimum absolute atomic E-state index is 0.210. The minimum atomic E-state index is 0.210. The molecule has 0 atom stereocenters. The molecule has 3 rings (SSSR count). The van der Waals surface area contributed by atoms with E-state index in [1.54, 1.807) is 12.3 Å². The van der Waals surface area contributed by atoms with Crippen LogP contribution in [0.15, 0.2) is 24.7 Å². The Bertz CT molecular complexity index is 729. The molecular weight excluding hydrogens is 270 g/mol. The van der Waals surface area contributed by atoms with Gasteiger partial charge in [-0.3, -0.25) is 15.5 Å². The van der Waals surface area contributed by atoms with Gasteiger partial charge in [0.15, 0.2) is 5.65 Å². The molecule has 3 heterocycles. The summed E-state index contributed by atoms with van der Waals surface area (Å²) >= 11 is 5.84. The second kappa shape index (κ2) is 4.67. The van der Waals surface area contributed by atoms with Crippen molar-refractivity contribution < 1.29 is 4.74 Å². The van der Waals surface area contributed by atoms with Gasteiger partial charge in [0.05, 0.1) is 17.4 Å². The second-order valence-electron chi connectivity index (χ2n) is 3.57. The Morgan fingerprint density at radius 3 is 2.95 bits per heavy atom. The van der Waals surface area contributed by atoms with Crippen LogP contribution in [0, 0.1) is 0 Å². The maximum absolute atomic E-state index is 5.84. The highest BCUT2D eigenvalue weighted by atomic mass is 35.5. The second-order valence-corrected chi connectivity index (χ2v) is 4.01. The number of halogens is 1. The lowest BCUT2D eigenvalue weighted by Gasteiger charge is -2.06. The zero-order chi connectivity index (χ0) is 13.2. The molecule has 0 aromatic carbocycles. The first-order valence-electron chi connectivity index (χ1n) is 5.22. The number of nitrogen functional groups attached to an aromatic ring is 1. The third-order valence-electron chi connectivity index (χ3n) is 2.30. The Labute approximate surface area is 112 Å². The van der Waals surface area contributed by atoms with Gasteiger partial charge in [-0.15, -0.1) is 0 Å². The first-order chi connectivity index (χ1) is 9.26. The van der Waals surface area contributed by atoms with Gasteiger partial charge in [0.1, 0.15) is 11.1 Å². The molecule has 8 nitrogen and oxygen atoms in total. The molecular formula is C10H8ClN7O. The number of aromatic amines is 1. The molecule has 0 aliphatic heterocycles. The van der Waals surface area contributed by atoms with Gasteiger partial charge in [0.2, 0.25) is 11.8 Å². The van der Waals surface area contributed by atoms with Gasteiger partial charge in [0.25, 0.3) is 0 Å². The summed E-state index contributed by atoms with van der Waals surface area (Å²) in [7, 11) is 0. The van der Waals surface area contributed by atoms with E-state index in [0.717, 1.165) is 0 Å². The molecule has 0 radical (unpaired) electrons. The van der Waals surface area contributed by atoms with Crippen LogP contribution in [0.2, 0.25) is 5.02 Å². The number of nitrogens with zero attached hydrogens (tertiary/aromatic N) is 4. The van der Waals surface area contributed by atoms with Gasteiger partial charge >= 0.3 is 0 Å². The lowest BCUT2D eigenvalue weighted by molar-refractivity contribution is 0.467. The average Bonchev–Trinajstić information content (AvgIpc) is 2.87. The molecule has 0 spiro atoms. The van der Waals surface area contributed by atoms with Crippen molar-refractivity contribution in [1.82, 2.24) is 25.1 Å². The van der Waals surface area contributed by atoms with Crippen molar-refractivity contribution in [2.24, 2.45) is 5.84 Å². The van der Waals surface area contributed by atoms with Crippen LogP contribution in [0.3, 0.4) is 0 Å². The van der Waals surface area contributed by atoms with Gasteiger partial charge in [0, 0.05) is 12.3 Å². The quantitative estimate of drug-likeness (QED) is 0.490. The normalized spacial score (nSPS) is 10.6. The highest BCUT2D eigenvalue weighted by Gasteiger charge is 2.11. The predicted octanol–water partition coefficient (Wildman–Crippen LogP) is 1.48. The summed E-state index contributed by atoms with van der Waals surface area (Å²) in [5, 5.41) is 7.68. The summed E-state index contributed by atoms with van der Waals surface area (Å²) < 4.78 is 5.62. The zero-order valence-corrected chi connectivity index (χ0v) is 10.2. The number of fused-ring (bicyclic) bond motifs is 1. The molecule has 4 N–H and O–H groups in total. The van der Waals surface area contributed by atoms with Gasteiger partial charge < -0.3 is 4.74 Å². The van der Waals surface area contributed by atoms with E-state index in [4.69, 9.17) is 22.2 Å². The summed E-state index contributed by atoms with van der Waals surface area (Å²) in [6.07, 6.45) is 4.59. The van der Waals surface area contributed by atoms with Crippen LogP contribution in [0.1, 0.15) is 0 Å². The van der Waals surface area contributed by atoms with Crippen molar-refractivity contribution in [2.75, 3.05) is 5.43 Å². The van der Waals surface area contributed by atoms with Crippen molar-refractivity contribution in [2.45, 2.75) is 0 Å². The van der Waals surface area contributed by atoms with E-state index in [1.807, 2.05) is 0 Å². The van der Waals surface area contributed by atoms with Crippen molar-refractivity contribution in [1.29, 1.82) is 0 Å². The zero-order valence-electron chi connectivity index (χ0n) is 9.46. The van der Waals surface area contributed by atoms with Crippen LogP contribution in [-0.4, -0.2) is 25.1 Å². The number of H-pyrrole nitrogens is 1. The topological polar surface area (TPSA) is 115 Å². The summed E-state index contributed by atoms with van der Waals surface area (Å²) in [6.45, 7) is 0. The van der Waals surface area contributed by atoms with Crippen LogP contribution >= 0.6 is 11.6 Å². The number of pyridine rings is 1. The lowest BCUT2D eigenvalue weighted by Crippen LogP contribution is -2.10. The van der Waals surface area contributed by atoms with Gasteiger partial charge in [-0.05, 0) is 0 Å². The van der Waals surface area contributed by atoms with Crippen molar-refractivity contribution in [3.8, 4) is 11.6 Å². The fourth-order valence-electron chi connectivity index (χ4n) is 1.51. The molecule has 3 aromatic rings. The largest absolute Gasteiger partial charge is 0.436 e. The predicted molar refractivity (Wildman–Crippen MR) is 68.8 cm³/mol. The Morgan fingerprint density at radius 1 is 1.26 bits per heavy atom. The number of hydrogen-bond acceptors (Lipinski definition) is 7. The lowest BCUT2D eigenvalue weighted by atomic mass is 10.4. The highest BCUT2D eigenvalue weighted by molar-refractivity contribution is 6.30. The monoisotopic (exact) mass is 277 g/mol. The van der Waals surface area contributed by atoms with Gasteiger partial charge in [-0.1, -0.05) is 11.6 Å². The molecule has 0 amide bonds. The number of nitrogens with one attached hydrogen (secondary N) is 2. The van der Waals surface area contributed by atoms with Crippen LogP contribution in [-0.2, 0) is 0 Å². The number of nitrogens with two attached hydrogens (primary N) is 1. The first kappa shape index (κ1) is 11.6. The molecule has 0 aliphatic rings. The number of hydrazine groups is 1. The van der Waals surface area contributed by atoms with E-state index < -0.39 is 0 Å². The number of ether oxygens (including phenoxy) is 1. The molecule has 9 heteroatoms. The third kappa shape index (κ3) is 2.26. The maximum Gasteiger partial charge on any atom is 0.242 e. The SMILES string of the molecule is NNc1nc(Oc2cncc(Cl)c2)c2cn[nH]c2n1. The summed E-state index contributed by atoms with van der Waals surface area (Å²) in [5.41, 5.74) is 2.86. The fourth-order valence-corrected chi connectivity index (χ4v) is 1.67. The standard InChI is InChI=1S/C10H8ClN7O/c11-5-1-6(3-13-2-5)19-9-7-4-14-18-8(7)15-10(16-9)17-12/h1-4H,12H2,(H2,14,15,16,17,18). The van der Waals surface area contributed by atoms with Crippen molar-refractivity contribution in [3.05, 3.63) is 29.7 Å². The molecule has 0 saturated carbocycles. The molecule has 0 unspecified atom stereocenters. The molecule has 0 fully saturated rings. The molecule has 19 heavy (non-hydrogen) atoms. The molecule has 0 bridgehead atoms. The Kier molecular flexibility index (Phi) is 2.86.